The van der Waals surface area contributed by atoms with E-state index in [9.17, 15) is 4.79 Å². The summed E-state index contributed by atoms with van der Waals surface area (Å²) in [4.78, 5) is 14.0. The third-order valence-electron chi connectivity index (χ3n) is 1.75. The molecule has 0 unspecified atom stereocenters. The van der Waals surface area contributed by atoms with Crippen LogP contribution >= 0.6 is 24.0 Å². The first kappa shape index (κ1) is 10.5. The molecule has 0 radical (unpaired) electrons. The first-order valence-electron chi connectivity index (χ1n) is 4.16. The van der Waals surface area contributed by atoms with Gasteiger partial charge >= 0.3 is 0 Å². The highest BCUT2D eigenvalue weighted by Gasteiger charge is 2.22. The van der Waals surface area contributed by atoms with Gasteiger partial charge in [-0.15, -0.1) is 0 Å². The van der Waals surface area contributed by atoms with Gasteiger partial charge in [0.1, 0.15) is 4.32 Å². The molecule has 1 saturated heterocycles. The third kappa shape index (κ3) is 2.70. The van der Waals surface area contributed by atoms with E-state index in [0.29, 0.717) is 9.23 Å². The number of amides is 1. The van der Waals surface area contributed by atoms with Crippen LogP contribution in [0.3, 0.4) is 0 Å². The molecule has 1 aliphatic rings. The van der Waals surface area contributed by atoms with Crippen LogP contribution in [-0.2, 0) is 4.79 Å². The Labute approximate surface area is 87.6 Å². The summed E-state index contributed by atoms with van der Waals surface area (Å²) in [5.41, 5.74) is 0. The second-order valence-corrected chi connectivity index (χ2v) is 4.28. The van der Waals surface area contributed by atoms with E-state index in [-0.39, 0.29) is 5.91 Å². The lowest BCUT2D eigenvalue weighted by Crippen LogP contribution is -2.20. The molecule has 0 bridgehead atoms. The van der Waals surface area contributed by atoms with Gasteiger partial charge in [0.05, 0.1) is 4.91 Å². The minimum atomic E-state index is -0.0816. The Bertz CT molecular complexity index is 259. The number of thioether (sulfide) groups is 1. The molecule has 5 heteroatoms. The highest BCUT2D eigenvalue weighted by molar-refractivity contribution is 8.26. The summed E-state index contributed by atoms with van der Waals surface area (Å²) in [6, 6.07) is 0. The Balaban J connectivity index is 2.70. The first-order valence-corrected chi connectivity index (χ1v) is 5.38. The number of carbonyl (C=O) groups is 1. The summed E-state index contributed by atoms with van der Waals surface area (Å²) in [6.07, 6.45) is 1.86. The molecule has 0 spiro atoms. The Morgan fingerprint density at radius 2 is 2.15 bits per heavy atom. The van der Waals surface area contributed by atoms with Crippen molar-refractivity contribution < 1.29 is 4.79 Å². The molecule has 72 valence electrons. The maximum atomic E-state index is 11.2. The Kier molecular flexibility index (Phi) is 3.74. The van der Waals surface area contributed by atoms with Gasteiger partial charge in [-0.2, -0.15) is 0 Å². The van der Waals surface area contributed by atoms with Gasteiger partial charge in [0.25, 0.3) is 5.91 Å². The number of carbonyl (C=O) groups excluding carboxylic acids is 1. The van der Waals surface area contributed by atoms with E-state index in [1.165, 1.54) is 11.8 Å². The molecule has 3 nitrogen and oxygen atoms in total. The van der Waals surface area contributed by atoms with Gasteiger partial charge in [0, 0.05) is 19.3 Å². The third-order valence-corrected chi connectivity index (χ3v) is 2.90. The summed E-state index contributed by atoms with van der Waals surface area (Å²) < 4.78 is 0.545. The number of hydrogen-bond acceptors (Lipinski definition) is 4. The summed E-state index contributed by atoms with van der Waals surface area (Å²) in [5, 5.41) is 2.58. The standard InChI is InChI=1S/C8H12N2OS2/c1-3-10(4-2)5-6-7(11)9-8(12)13-6/h5H,3-4H2,1-2H3,(H,9,11,12)/b6-5-. The quantitative estimate of drug-likeness (QED) is 0.569. The van der Waals surface area contributed by atoms with Crippen LogP contribution in [0.2, 0.25) is 0 Å². The number of thiocarbonyl (C=S) groups is 1. The van der Waals surface area contributed by atoms with Crippen LogP contribution in [0, 0.1) is 0 Å². The molecule has 1 fully saturated rings. The van der Waals surface area contributed by atoms with Crippen LogP contribution in [0.5, 0.6) is 0 Å². The van der Waals surface area contributed by atoms with Crippen molar-refractivity contribution >= 4 is 34.2 Å². The average Bonchev–Trinajstić information content (AvgIpc) is 2.41. The van der Waals surface area contributed by atoms with Crippen molar-refractivity contribution in [3.05, 3.63) is 11.1 Å². The maximum Gasteiger partial charge on any atom is 0.265 e. The van der Waals surface area contributed by atoms with Crippen LogP contribution in [0.4, 0.5) is 0 Å². The Morgan fingerprint density at radius 3 is 2.54 bits per heavy atom. The highest BCUT2D eigenvalue weighted by Crippen LogP contribution is 2.23. The number of rotatable bonds is 3. The molecule has 0 aromatic rings. The smallest absolute Gasteiger partial charge is 0.265 e. The zero-order valence-corrected chi connectivity index (χ0v) is 9.30. The van der Waals surface area contributed by atoms with Crippen molar-refractivity contribution in [2.24, 2.45) is 0 Å². The topological polar surface area (TPSA) is 32.3 Å². The minimum Gasteiger partial charge on any atom is -0.377 e. The van der Waals surface area contributed by atoms with Crippen molar-refractivity contribution in [2.45, 2.75) is 13.8 Å². The molecule has 1 N–H and O–H groups in total. The van der Waals surface area contributed by atoms with Gasteiger partial charge in [-0.1, -0.05) is 24.0 Å². The van der Waals surface area contributed by atoms with E-state index in [1.807, 2.05) is 6.20 Å². The fourth-order valence-corrected chi connectivity index (χ4v) is 2.03. The number of nitrogens with zero attached hydrogens (tertiary/aromatic N) is 1. The lowest BCUT2D eigenvalue weighted by molar-refractivity contribution is -0.115. The SMILES string of the molecule is CCN(/C=C1\SC(=S)NC1=O)CC. The van der Waals surface area contributed by atoms with E-state index in [1.54, 1.807) is 0 Å². The maximum absolute atomic E-state index is 11.2. The van der Waals surface area contributed by atoms with Crippen LogP contribution in [0.1, 0.15) is 13.8 Å². The molecule has 1 aliphatic heterocycles. The highest BCUT2D eigenvalue weighted by atomic mass is 32.2. The molecule has 0 aliphatic carbocycles. The normalized spacial score (nSPS) is 19.4. The van der Waals surface area contributed by atoms with Crippen LogP contribution < -0.4 is 5.32 Å². The number of nitrogens with one attached hydrogen (secondary N) is 1. The summed E-state index contributed by atoms with van der Waals surface area (Å²) in [7, 11) is 0. The lowest BCUT2D eigenvalue weighted by Gasteiger charge is -2.15. The van der Waals surface area contributed by atoms with Gasteiger partial charge in [0.2, 0.25) is 0 Å². The molecule has 1 amide bonds. The van der Waals surface area contributed by atoms with Crippen LogP contribution in [0.25, 0.3) is 0 Å². The zero-order chi connectivity index (χ0) is 9.84. The zero-order valence-electron chi connectivity index (χ0n) is 7.66. The molecule has 0 aromatic carbocycles. The van der Waals surface area contributed by atoms with E-state index < -0.39 is 0 Å². The fourth-order valence-electron chi connectivity index (χ4n) is 0.983. The molecule has 0 aromatic heterocycles. The van der Waals surface area contributed by atoms with Gasteiger partial charge in [-0.25, -0.2) is 0 Å². The summed E-state index contributed by atoms with van der Waals surface area (Å²) in [6.45, 7) is 5.91. The molecule has 1 rings (SSSR count). The predicted molar refractivity (Wildman–Crippen MR) is 59.3 cm³/mol. The van der Waals surface area contributed by atoms with Gasteiger partial charge < -0.3 is 10.2 Å². The van der Waals surface area contributed by atoms with Gasteiger partial charge in [0.15, 0.2) is 0 Å². The molecular weight excluding hydrogens is 204 g/mol. The van der Waals surface area contributed by atoms with Crippen LogP contribution in [0.15, 0.2) is 11.1 Å². The van der Waals surface area contributed by atoms with Crippen molar-refractivity contribution in [1.29, 1.82) is 0 Å². The van der Waals surface area contributed by atoms with Crippen molar-refractivity contribution in [3.8, 4) is 0 Å². The van der Waals surface area contributed by atoms with Crippen molar-refractivity contribution in [1.82, 2.24) is 10.2 Å². The summed E-state index contributed by atoms with van der Waals surface area (Å²) in [5.74, 6) is -0.0816. The van der Waals surface area contributed by atoms with Crippen LogP contribution in [-0.4, -0.2) is 28.2 Å². The van der Waals surface area contributed by atoms with E-state index >= 15 is 0 Å². The van der Waals surface area contributed by atoms with Crippen molar-refractivity contribution in [2.75, 3.05) is 13.1 Å². The second-order valence-electron chi connectivity index (χ2n) is 2.56. The van der Waals surface area contributed by atoms with E-state index in [0.717, 1.165) is 13.1 Å². The molecule has 0 atom stereocenters. The Morgan fingerprint density at radius 1 is 1.54 bits per heavy atom. The number of hydrogen-bond donors (Lipinski definition) is 1. The average molecular weight is 216 g/mol. The van der Waals surface area contributed by atoms with E-state index in [4.69, 9.17) is 12.2 Å². The predicted octanol–water partition coefficient (Wildman–Crippen LogP) is 1.32. The monoisotopic (exact) mass is 216 g/mol. The molecule has 0 saturated carbocycles. The van der Waals surface area contributed by atoms with Crippen molar-refractivity contribution in [3.63, 3.8) is 0 Å². The largest absolute Gasteiger partial charge is 0.377 e. The molecular formula is C8H12N2OS2. The van der Waals surface area contributed by atoms with Gasteiger partial charge in [-0.3, -0.25) is 4.79 Å². The van der Waals surface area contributed by atoms with E-state index in [2.05, 4.69) is 24.1 Å². The Hall–Kier alpha value is -0.550. The first-order chi connectivity index (χ1) is 6.17. The lowest BCUT2D eigenvalue weighted by atomic mass is 10.5. The minimum absolute atomic E-state index is 0.0816. The fraction of sp³-hybridized carbons (Fsp3) is 0.500. The molecule has 13 heavy (non-hydrogen) atoms. The summed E-state index contributed by atoms with van der Waals surface area (Å²) >= 11 is 6.19. The second kappa shape index (κ2) is 4.62. The van der Waals surface area contributed by atoms with Gasteiger partial charge in [-0.05, 0) is 13.8 Å². The molecule has 1 heterocycles.